The van der Waals surface area contributed by atoms with Crippen LogP contribution < -0.4 is 0 Å². The second kappa shape index (κ2) is 5.97. The van der Waals surface area contributed by atoms with E-state index in [1.165, 1.54) is 27.9 Å². The van der Waals surface area contributed by atoms with Crippen LogP contribution in [-0.4, -0.2) is 21.8 Å². The maximum Gasteiger partial charge on any atom is 0.313 e. The lowest BCUT2D eigenvalue weighted by Crippen LogP contribution is -2.11. The van der Waals surface area contributed by atoms with Crippen molar-refractivity contribution in [3.63, 3.8) is 0 Å². The molecule has 1 aliphatic rings. The molecular formula is C15H15NO2S2. The Morgan fingerprint density at radius 2 is 2.20 bits per heavy atom. The summed E-state index contributed by atoms with van der Waals surface area (Å²) in [4.78, 5) is 16.5. The van der Waals surface area contributed by atoms with Gasteiger partial charge in [-0.25, -0.2) is 4.98 Å². The summed E-state index contributed by atoms with van der Waals surface area (Å²) < 4.78 is 0.895. The van der Waals surface area contributed by atoms with Gasteiger partial charge in [0, 0.05) is 4.88 Å². The summed E-state index contributed by atoms with van der Waals surface area (Å²) in [6, 6.07) is 10.6. The van der Waals surface area contributed by atoms with Gasteiger partial charge in [0.25, 0.3) is 0 Å². The summed E-state index contributed by atoms with van der Waals surface area (Å²) in [6.45, 7) is 0. The average molecular weight is 305 g/mol. The van der Waals surface area contributed by atoms with Crippen LogP contribution in [0.1, 0.15) is 28.5 Å². The van der Waals surface area contributed by atoms with Crippen LogP contribution in [0.4, 0.5) is 0 Å². The lowest BCUT2D eigenvalue weighted by atomic mass is 9.85. The highest BCUT2D eigenvalue weighted by Crippen LogP contribution is 2.37. The van der Waals surface area contributed by atoms with Gasteiger partial charge >= 0.3 is 5.97 Å². The second-order valence-electron chi connectivity index (χ2n) is 4.88. The van der Waals surface area contributed by atoms with Crippen LogP contribution in [0.15, 0.2) is 34.7 Å². The van der Waals surface area contributed by atoms with Crippen molar-refractivity contribution in [2.75, 3.05) is 5.75 Å². The molecule has 3 rings (SSSR count). The van der Waals surface area contributed by atoms with Crippen LogP contribution in [0.3, 0.4) is 0 Å². The van der Waals surface area contributed by atoms with E-state index in [-0.39, 0.29) is 5.75 Å². The molecule has 1 heterocycles. The predicted octanol–water partition coefficient (Wildman–Crippen LogP) is 3.59. The van der Waals surface area contributed by atoms with E-state index in [2.05, 4.69) is 29.2 Å². The van der Waals surface area contributed by atoms with Crippen LogP contribution in [0.2, 0.25) is 0 Å². The summed E-state index contributed by atoms with van der Waals surface area (Å²) in [6.07, 6.45) is 3.16. The Bertz CT molecular complexity index is 610. The molecule has 0 spiro atoms. The second-order valence-corrected chi connectivity index (χ2v) is 7.19. The molecule has 0 saturated carbocycles. The topological polar surface area (TPSA) is 50.2 Å². The van der Waals surface area contributed by atoms with Crippen LogP contribution >= 0.6 is 23.1 Å². The van der Waals surface area contributed by atoms with Gasteiger partial charge in [-0.1, -0.05) is 42.1 Å². The van der Waals surface area contributed by atoms with Crippen LogP contribution in [0.5, 0.6) is 0 Å². The molecule has 0 radical (unpaired) electrons. The van der Waals surface area contributed by atoms with Crippen LogP contribution in [-0.2, 0) is 17.6 Å². The van der Waals surface area contributed by atoms with Gasteiger partial charge in [0.05, 0.1) is 11.4 Å². The number of aromatic nitrogens is 1. The van der Waals surface area contributed by atoms with Crippen molar-refractivity contribution in [2.45, 2.75) is 29.5 Å². The molecule has 1 aliphatic carbocycles. The Kier molecular flexibility index (Phi) is 4.08. The van der Waals surface area contributed by atoms with E-state index in [0.717, 1.165) is 23.6 Å². The van der Waals surface area contributed by atoms with Gasteiger partial charge in [-0.3, -0.25) is 4.79 Å². The van der Waals surface area contributed by atoms with Gasteiger partial charge in [0.2, 0.25) is 0 Å². The van der Waals surface area contributed by atoms with Crippen molar-refractivity contribution in [3.05, 3.63) is 46.5 Å². The van der Waals surface area contributed by atoms with E-state index in [4.69, 9.17) is 5.11 Å². The molecule has 5 heteroatoms. The number of hydrogen-bond donors (Lipinski definition) is 1. The Morgan fingerprint density at radius 3 is 2.95 bits per heavy atom. The highest BCUT2D eigenvalue weighted by atomic mass is 32.2. The molecule has 1 aromatic heterocycles. The van der Waals surface area contributed by atoms with E-state index in [0.29, 0.717) is 5.92 Å². The minimum absolute atomic E-state index is 0.0918. The highest BCUT2D eigenvalue weighted by Gasteiger charge is 2.23. The van der Waals surface area contributed by atoms with E-state index in [1.807, 2.05) is 6.07 Å². The summed E-state index contributed by atoms with van der Waals surface area (Å²) in [5.74, 6) is -0.124. The number of aryl methyl sites for hydroxylation is 1. The normalized spacial score (nSPS) is 17.7. The molecule has 0 saturated heterocycles. The Morgan fingerprint density at radius 1 is 1.40 bits per heavy atom. The fourth-order valence-electron chi connectivity index (χ4n) is 2.55. The van der Waals surface area contributed by atoms with Crippen molar-refractivity contribution < 1.29 is 9.90 Å². The molecule has 1 N–H and O–H groups in total. The van der Waals surface area contributed by atoms with Crippen LogP contribution in [0.25, 0.3) is 0 Å². The number of aliphatic carboxylic acids is 1. The lowest BCUT2D eigenvalue weighted by Gasteiger charge is -2.21. The summed E-state index contributed by atoms with van der Waals surface area (Å²) >= 11 is 2.99. The first kappa shape index (κ1) is 13.6. The Balaban J connectivity index is 1.73. The van der Waals surface area contributed by atoms with Gasteiger partial charge in [0.15, 0.2) is 4.34 Å². The minimum atomic E-state index is -0.787. The molecule has 0 amide bonds. The molecule has 0 bridgehead atoms. The highest BCUT2D eigenvalue weighted by molar-refractivity contribution is 8.01. The zero-order valence-corrected chi connectivity index (χ0v) is 12.5. The van der Waals surface area contributed by atoms with E-state index in [9.17, 15) is 4.79 Å². The van der Waals surface area contributed by atoms with Crippen molar-refractivity contribution in [1.82, 2.24) is 4.98 Å². The average Bonchev–Trinajstić information content (AvgIpc) is 2.88. The van der Waals surface area contributed by atoms with Crippen molar-refractivity contribution in [3.8, 4) is 0 Å². The number of nitrogens with zero attached hydrogens (tertiary/aromatic N) is 1. The van der Waals surface area contributed by atoms with Crippen molar-refractivity contribution in [2.24, 2.45) is 0 Å². The predicted molar refractivity (Wildman–Crippen MR) is 81.7 cm³/mol. The minimum Gasteiger partial charge on any atom is -0.481 e. The zero-order chi connectivity index (χ0) is 13.9. The number of thioether (sulfide) groups is 1. The quantitative estimate of drug-likeness (QED) is 0.877. The fraction of sp³-hybridized carbons (Fsp3) is 0.333. The summed E-state index contributed by atoms with van der Waals surface area (Å²) in [5, 5.41) is 8.72. The molecular weight excluding hydrogens is 290 g/mol. The van der Waals surface area contributed by atoms with E-state index >= 15 is 0 Å². The maximum absolute atomic E-state index is 10.6. The fourth-order valence-corrected chi connectivity index (χ4v) is 4.60. The lowest BCUT2D eigenvalue weighted by molar-refractivity contribution is -0.133. The monoisotopic (exact) mass is 305 g/mol. The molecule has 2 aromatic rings. The third-order valence-corrected chi connectivity index (χ3v) is 5.76. The molecule has 1 atom stereocenters. The first-order valence-electron chi connectivity index (χ1n) is 6.60. The zero-order valence-electron chi connectivity index (χ0n) is 10.9. The summed E-state index contributed by atoms with van der Waals surface area (Å²) in [7, 11) is 0. The summed E-state index contributed by atoms with van der Waals surface area (Å²) in [5.41, 5.74) is 2.57. The number of rotatable bonds is 4. The SMILES string of the molecule is O=C(O)CSc1nc2c(s1)CC(c1ccccc1)CC2. The number of fused-ring (bicyclic) bond motifs is 1. The third-order valence-electron chi connectivity index (χ3n) is 3.51. The largest absolute Gasteiger partial charge is 0.481 e. The first-order valence-corrected chi connectivity index (χ1v) is 8.40. The number of carboxylic acid groups (broad SMARTS) is 1. The number of carbonyl (C=O) groups is 1. The standard InChI is InChI=1S/C15H15NO2S2/c17-14(18)9-19-15-16-12-7-6-11(8-13(12)20-15)10-4-2-1-3-5-10/h1-5,11H,6-9H2,(H,17,18). The number of benzene rings is 1. The third kappa shape index (κ3) is 3.04. The van der Waals surface area contributed by atoms with Gasteiger partial charge in [0.1, 0.15) is 0 Å². The van der Waals surface area contributed by atoms with Crippen molar-refractivity contribution in [1.29, 1.82) is 0 Å². The van der Waals surface area contributed by atoms with Crippen LogP contribution in [0, 0.1) is 0 Å². The van der Waals surface area contributed by atoms with Crippen molar-refractivity contribution >= 4 is 29.1 Å². The number of thiazole rings is 1. The molecule has 3 nitrogen and oxygen atoms in total. The molecule has 1 unspecified atom stereocenters. The van der Waals surface area contributed by atoms with E-state index < -0.39 is 5.97 Å². The Hall–Kier alpha value is -1.33. The van der Waals surface area contributed by atoms with Gasteiger partial charge < -0.3 is 5.11 Å². The first-order chi connectivity index (χ1) is 9.72. The number of hydrogen-bond acceptors (Lipinski definition) is 4. The molecule has 104 valence electrons. The van der Waals surface area contributed by atoms with E-state index in [1.54, 1.807) is 11.3 Å². The Labute approximate surface area is 126 Å². The molecule has 0 aliphatic heterocycles. The molecule has 20 heavy (non-hydrogen) atoms. The van der Waals surface area contributed by atoms with Gasteiger partial charge in [-0.05, 0) is 30.7 Å². The maximum atomic E-state index is 10.6. The molecule has 0 fully saturated rings. The van der Waals surface area contributed by atoms with Gasteiger partial charge in [-0.2, -0.15) is 0 Å². The number of carboxylic acids is 1. The van der Waals surface area contributed by atoms with Gasteiger partial charge in [-0.15, -0.1) is 11.3 Å². The molecule has 1 aromatic carbocycles. The smallest absolute Gasteiger partial charge is 0.313 e.